The Morgan fingerprint density at radius 3 is 1.46 bits per heavy atom. The molecular weight excluding hydrogens is 767 g/mol. The number of hydrogen-bond acceptors (Lipinski definition) is 4. The average molecular weight is 804 g/mol. The molecule has 0 saturated heterocycles. The molecule has 0 aliphatic rings. The van der Waals surface area contributed by atoms with Crippen LogP contribution in [0.1, 0.15) is 0 Å². The smallest absolute Gasteiger partial charge is 0.164 e. The van der Waals surface area contributed by atoms with Gasteiger partial charge >= 0.3 is 0 Å². The fourth-order valence-electron chi connectivity index (χ4n) is 9.08. The van der Waals surface area contributed by atoms with Crippen molar-refractivity contribution in [3.8, 4) is 73.4 Å². The molecule has 63 heavy (non-hydrogen) atoms. The normalized spacial score (nSPS) is 11.5. The second-order valence-corrected chi connectivity index (χ2v) is 15.8. The van der Waals surface area contributed by atoms with Gasteiger partial charge in [0.05, 0.1) is 22.2 Å². The monoisotopic (exact) mass is 803 g/mol. The maximum Gasteiger partial charge on any atom is 0.164 e. The summed E-state index contributed by atoms with van der Waals surface area (Å²) in [6, 6.07) is 78.7. The number of hydrogen-bond donors (Lipinski definition) is 0. The minimum absolute atomic E-state index is 0.613. The summed E-state index contributed by atoms with van der Waals surface area (Å²) in [5.74, 6) is 1.85. The molecule has 0 bridgehead atoms. The van der Waals surface area contributed by atoms with Gasteiger partial charge in [-0.3, -0.25) is 0 Å². The maximum absolute atomic E-state index is 5.22. The number of para-hydroxylation sites is 2. The molecule has 294 valence electrons. The topological polar surface area (TPSA) is 56.5 Å². The van der Waals surface area contributed by atoms with Gasteiger partial charge in [0.1, 0.15) is 0 Å². The van der Waals surface area contributed by atoms with Crippen LogP contribution in [-0.2, 0) is 0 Å². The highest BCUT2D eigenvalue weighted by atomic mass is 15.0. The van der Waals surface area contributed by atoms with Crippen molar-refractivity contribution in [2.24, 2.45) is 0 Å². The molecule has 3 aromatic heterocycles. The highest BCUT2D eigenvalue weighted by Crippen LogP contribution is 2.40. The lowest BCUT2D eigenvalue weighted by Gasteiger charge is -2.15. The first-order valence-electron chi connectivity index (χ1n) is 21.2. The lowest BCUT2D eigenvalue weighted by molar-refractivity contribution is 1.07. The molecule has 0 unspecified atom stereocenters. The van der Waals surface area contributed by atoms with E-state index in [0.717, 1.165) is 77.6 Å². The zero-order chi connectivity index (χ0) is 41.7. The molecule has 3 heterocycles. The fourth-order valence-corrected chi connectivity index (χ4v) is 9.08. The van der Waals surface area contributed by atoms with Crippen molar-refractivity contribution in [1.82, 2.24) is 24.5 Å². The van der Waals surface area contributed by atoms with Crippen molar-refractivity contribution in [2.45, 2.75) is 0 Å². The van der Waals surface area contributed by atoms with E-state index in [2.05, 4.69) is 193 Å². The molecule has 9 aromatic carbocycles. The molecule has 0 aliphatic carbocycles. The molecule has 5 heteroatoms. The molecule has 0 saturated carbocycles. The zero-order valence-corrected chi connectivity index (χ0v) is 34.1. The van der Waals surface area contributed by atoms with Crippen molar-refractivity contribution in [3.63, 3.8) is 0 Å². The van der Waals surface area contributed by atoms with Gasteiger partial charge in [0.2, 0.25) is 0 Å². The fraction of sp³-hybridized carbons (Fsp3) is 0. The summed E-state index contributed by atoms with van der Waals surface area (Å²) in [6.07, 6.45) is 0. The minimum atomic E-state index is 0.613. The van der Waals surface area contributed by atoms with Crippen LogP contribution in [0.3, 0.4) is 0 Å². The Morgan fingerprint density at radius 2 is 0.794 bits per heavy atom. The van der Waals surface area contributed by atoms with E-state index in [4.69, 9.17) is 19.9 Å². The predicted molar refractivity (Wildman–Crippen MR) is 260 cm³/mol. The molecule has 0 N–H and O–H groups in total. The van der Waals surface area contributed by atoms with Crippen molar-refractivity contribution in [3.05, 3.63) is 224 Å². The van der Waals surface area contributed by atoms with Gasteiger partial charge in [0.25, 0.3) is 0 Å². The summed E-state index contributed by atoms with van der Waals surface area (Å²) in [7, 11) is 0. The standard InChI is InChI=1S/C58H37N5/c1-4-16-38(17-5-1)50-37-52(39-18-6-2-7-19-39)59-51-35-34-46-45(26-15-27-49(46)55(50)51)42-22-14-23-43(36-42)58-61-56(40-20-8-3-9-21-40)60-57(62-58)41-30-32-44(33-31-41)63-53-28-12-10-24-47(53)48-25-11-13-29-54(48)63/h1-37H. The second-order valence-electron chi connectivity index (χ2n) is 15.8. The van der Waals surface area contributed by atoms with Gasteiger partial charge in [-0.15, -0.1) is 0 Å². The molecule has 0 atom stereocenters. The van der Waals surface area contributed by atoms with Crippen LogP contribution in [0.2, 0.25) is 0 Å². The minimum Gasteiger partial charge on any atom is -0.309 e. The highest BCUT2D eigenvalue weighted by Gasteiger charge is 2.18. The number of rotatable bonds is 7. The Bertz CT molecular complexity index is 3600. The second kappa shape index (κ2) is 15.2. The largest absolute Gasteiger partial charge is 0.309 e. The maximum atomic E-state index is 5.22. The van der Waals surface area contributed by atoms with Gasteiger partial charge in [0.15, 0.2) is 17.5 Å². The van der Waals surface area contributed by atoms with Crippen molar-refractivity contribution >= 4 is 43.5 Å². The van der Waals surface area contributed by atoms with Crippen LogP contribution in [0.15, 0.2) is 224 Å². The van der Waals surface area contributed by atoms with Crippen LogP contribution in [-0.4, -0.2) is 24.5 Å². The average Bonchev–Trinajstić information content (AvgIpc) is 3.71. The Hall–Kier alpha value is -8.54. The van der Waals surface area contributed by atoms with E-state index in [1.54, 1.807) is 0 Å². The van der Waals surface area contributed by atoms with E-state index in [-0.39, 0.29) is 0 Å². The van der Waals surface area contributed by atoms with E-state index in [9.17, 15) is 0 Å². The van der Waals surface area contributed by atoms with Gasteiger partial charge in [0, 0.05) is 44.1 Å². The van der Waals surface area contributed by atoms with Crippen LogP contribution >= 0.6 is 0 Å². The van der Waals surface area contributed by atoms with Gasteiger partial charge in [-0.2, -0.15) is 0 Å². The number of pyridine rings is 1. The zero-order valence-electron chi connectivity index (χ0n) is 34.1. The third kappa shape index (κ3) is 6.42. The Labute approximate surface area is 364 Å². The van der Waals surface area contributed by atoms with E-state index in [1.807, 2.05) is 36.4 Å². The summed E-state index contributed by atoms with van der Waals surface area (Å²) < 4.78 is 2.32. The number of fused-ring (bicyclic) bond motifs is 6. The van der Waals surface area contributed by atoms with Gasteiger partial charge < -0.3 is 4.57 Å². The first kappa shape index (κ1) is 36.3. The summed E-state index contributed by atoms with van der Waals surface area (Å²) in [5.41, 5.74) is 13.7. The van der Waals surface area contributed by atoms with Crippen LogP contribution in [0.4, 0.5) is 0 Å². The first-order valence-corrected chi connectivity index (χ1v) is 21.2. The van der Waals surface area contributed by atoms with E-state index in [0.29, 0.717) is 17.5 Å². The molecular formula is C58H37N5. The van der Waals surface area contributed by atoms with Gasteiger partial charge in [-0.25, -0.2) is 19.9 Å². The number of aromatic nitrogens is 5. The summed E-state index contributed by atoms with van der Waals surface area (Å²) in [6.45, 7) is 0. The van der Waals surface area contributed by atoms with E-state index >= 15 is 0 Å². The summed E-state index contributed by atoms with van der Waals surface area (Å²) in [4.78, 5) is 20.6. The van der Waals surface area contributed by atoms with Gasteiger partial charge in [-0.1, -0.05) is 170 Å². The van der Waals surface area contributed by atoms with Crippen molar-refractivity contribution < 1.29 is 0 Å². The van der Waals surface area contributed by atoms with Crippen molar-refractivity contribution in [2.75, 3.05) is 0 Å². The molecule has 12 rings (SSSR count). The van der Waals surface area contributed by atoms with E-state index < -0.39 is 0 Å². The van der Waals surface area contributed by atoms with Crippen LogP contribution in [0.25, 0.3) is 117 Å². The number of benzene rings is 9. The van der Waals surface area contributed by atoms with Gasteiger partial charge in [-0.05, 0) is 87.6 Å². The molecule has 0 fully saturated rings. The molecule has 0 spiro atoms. The summed E-state index contributed by atoms with van der Waals surface area (Å²) >= 11 is 0. The lowest BCUT2D eigenvalue weighted by Crippen LogP contribution is -2.00. The van der Waals surface area contributed by atoms with Crippen LogP contribution < -0.4 is 0 Å². The third-order valence-corrected chi connectivity index (χ3v) is 12.0. The SMILES string of the molecule is c1ccc(-c2cc(-c3ccccc3)c3c(ccc4c(-c5cccc(-c6nc(-c7ccccc7)nc(-c7ccc(-n8c9ccccc9c9ccccc98)cc7)n6)c5)cccc43)n2)cc1. The van der Waals surface area contributed by atoms with Crippen molar-refractivity contribution in [1.29, 1.82) is 0 Å². The summed E-state index contributed by atoms with van der Waals surface area (Å²) in [5, 5.41) is 5.91. The predicted octanol–water partition coefficient (Wildman–Crippen LogP) is 14.7. The van der Waals surface area contributed by atoms with Crippen LogP contribution in [0.5, 0.6) is 0 Å². The van der Waals surface area contributed by atoms with E-state index in [1.165, 1.54) is 21.8 Å². The molecule has 0 aliphatic heterocycles. The highest BCUT2D eigenvalue weighted by molar-refractivity contribution is 6.17. The Balaban J connectivity index is 0.976. The first-order chi connectivity index (χ1) is 31.2. The molecule has 12 aromatic rings. The third-order valence-electron chi connectivity index (χ3n) is 12.0. The Kier molecular flexibility index (Phi) is 8.75. The number of nitrogens with zero attached hydrogens (tertiary/aromatic N) is 5. The van der Waals surface area contributed by atoms with Crippen LogP contribution in [0, 0.1) is 0 Å². The molecule has 0 radical (unpaired) electrons. The Morgan fingerprint density at radius 1 is 0.286 bits per heavy atom. The quantitative estimate of drug-likeness (QED) is 0.151. The molecule has 0 amide bonds. The molecule has 5 nitrogen and oxygen atoms in total. The lowest BCUT2D eigenvalue weighted by atomic mass is 9.91.